The monoisotopic (exact) mass is 345 g/mol. The fourth-order valence-corrected chi connectivity index (χ4v) is 3.32. The second-order valence-electron chi connectivity index (χ2n) is 5.05. The SMILES string of the molecule is CCCNC(C)(CO)CCCSc1cccc(Br)c1. The topological polar surface area (TPSA) is 32.3 Å². The number of rotatable bonds is 9. The van der Waals surface area contributed by atoms with E-state index in [-0.39, 0.29) is 12.1 Å². The highest BCUT2D eigenvalue weighted by Gasteiger charge is 2.21. The van der Waals surface area contributed by atoms with E-state index >= 15 is 0 Å². The molecule has 2 nitrogen and oxygen atoms in total. The van der Waals surface area contributed by atoms with E-state index in [4.69, 9.17) is 0 Å². The van der Waals surface area contributed by atoms with Crippen LogP contribution in [0.1, 0.15) is 33.1 Å². The van der Waals surface area contributed by atoms with Crippen LogP contribution in [0, 0.1) is 0 Å². The molecule has 0 saturated carbocycles. The number of thioether (sulfide) groups is 1. The fourth-order valence-electron chi connectivity index (χ4n) is 1.86. The van der Waals surface area contributed by atoms with Crippen molar-refractivity contribution >= 4 is 27.7 Å². The summed E-state index contributed by atoms with van der Waals surface area (Å²) in [5, 5.41) is 12.9. The van der Waals surface area contributed by atoms with E-state index in [1.807, 2.05) is 17.8 Å². The molecular formula is C15H24BrNOS. The zero-order valence-corrected chi connectivity index (χ0v) is 14.2. The van der Waals surface area contributed by atoms with Gasteiger partial charge in [-0.2, -0.15) is 0 Å². The van der Waals surface area contributed by atoms with Crippen LogP contribution in [0.25, 0.3) is 0 Å². The van der Waals surface area contributed by atoms with E-state index in [0.717, 1.165) is 36.0 Å². The van der Waals surface area contributed by atoms with Gasteiger partial charge in [0.15, 0.2) is 0 Å². The molecule has 0 radical (unpaired) electrons. The van der Waals surface area contributed by atoms with Crippen molar-refractivity contribution in [2.24, 2.45) is 0 Å². The molecule has 2 N–H and O–H groups in total. The van der Waals surface area contributed by atoms with E-state index in [9.17, 15) is 5.11 Å². The lowest BCUT2D eigenvalue weighted by Crippen LogP contribution is -2.46. The summed E-state index contributed by atoms with van der Waals surface area (Å²) in [6.07, 6.45) is 3.21. The van der Waals surface area contributed by atoms with Crippen molar-refractivity contribution in [1.29, 1.82) is 0 Å². The first-order valence-electron chi connectivity index (χ1n) is 6.84. The molecule has 0 aliphatic carbocycles. The molecule has 0 fully saturated rings. The molecule has 0 aliphatic rings. The molecule has 108 valence electrons. The number of aliphatic hydroxyl groups excluding tert-OH is 1. The number of hydrogen-bond donors (Lipinski definition) is 2. The smallest absolute Gasteiger partial charge is 0.0610 e. The van der Waals surface area contributed by atoms with Crippen LogP contribution in [0.4, 0.5) is 0 Å². The van der Waals surface area contributed by atoms with E-state index in [1.54, 1.807) is 0 Å². The summed E-state index contributed by atoms with van der Waals surface area (Å²) >= 11 is 5.36. The van der Waals surface area contributed by atoms with Crippen LogP contribution < -0.4 is 5.32 Å². The Morgan fingerprint density at radius 3 is 2.84 bits per heavy atom. The van der Waals surface area contributed by atoms with Gasteiger partial charge < -0.3 is 10.4 Å². The van der Waals surface area contributed by atoms with Gasteiger partial charge in [0, 0.05) is 14.9 Å². The maximum absolute atomic E-state index is 9.49. The van der Waals surface area contributed by atoms with Gasteiger partial charge in [-0.1, -0.05) is 28.9 Å². The number of nitrogens with one attached hydrogen (secondary N) is 1. The molecule has 1 rings (SSSR count). The third-order valence-electron chi connectivity index (χ3n) is 3.09. The van der Waals surface area contributed by atoms with Crippen molar-refractivity contribution in [2.75, 3.05) is 18.9 Å². The quantitative estimate of drug-likeness (QED) is 0.522. The molecule has 0 amide bonds. The van der Waals surface area contributed by atoms with Gasteiger partial charge in [-0.05, 0) is 56.7 Å². The molecule has 0 aliphatic heterocycles. The Hall–Kier alpha value is -0.0300. The lowest BCUT2D eigenvalue weighted by Gasteiger charge is -2.28. The zero-order valence-electron chi connectivity index (χ0n) is 11.8. The van der Waals surface area contributed by atoms with E-state index in [1.165, 1.54) is 4.90 Å². The van der Waals surface area contributed by atoms with Crippen LogP contribution >= 0.6 is 27.7 Å². The Labute approximate surface area is 129 Å². The predicted molar refractivity (Wildman–Crippen MR) is 87.9 cm³/mol. The lowest BCUT2D eigenvalue weighted by atomic mass is 9.97. The standard InChI is InChI=1S/C15H24BrNOS/c1-3-9-17-15(2,12-18)8-5-10-19-14-7-4-6-13(16)11-14/h4,6-7,11,17-18H,3,5,8-10,12H2,1-2H3. The normalized spacial score (nSPS) is 14.3. The molecule has 19 heavy (non-hydrogen) atoms. The maximum Gasteiger partial charge on any atom is 0.0610 e. The van der Waals surface area contributed by atoms with Crippen LogP contribution in [0.3, 0.4) is 0 Å². The number of hydrogen-bond acceptors (Lipinski definition) is 3. The Bertz CT molecular complexity index is 375. The van der Waals surface area contributed by atoms with Crippen LogP contribution in [0.5, 0.6) is 0 Å². The molecule has 1 atom stereocenters. The molecule has 1 unspecified atom stereocenters. The van der Waals surface area contributed by atoms with Gasteiger partial charge in [-0.25, -0.2) is 0 Å². The molecule has 0 bridgehead atoms. The minimum absolute atomic E-state index is 0.131. The Kier molecular flexibility index (Phi) is 8.07. The Morgan fingerprint density at radius 2 is 2.21 bits per heavy atom. The Morgan fingerprint density at radius 1 is 1.42 bits per heavy atom. The summed E-state index contributed by atoms with van der Waals surface area (Å²) in [6, 6.07) is 8.38. The van der Waals surface area contributed by atoms with Gasteiger partial charge in [0.1, 0.15) is 0 Å². The average Bonchev–Trinajstić information content (AvgIpc) is 2.42. The van der Waals surface area contributed by atoms with Crippen LogP contribution in [0.15, 0.2) is 33.6 Å². The van der Waals surface area contributed by atoms with E-state index < -0.39 is 0 Å². The summed E-state index contributed by atoms with van der Waals surface area (Å²) < 4.78 is 1.13. The van der Waals surface area contributed by atoms with Gasteiger partial charge in [0.2, 0.25) is 0 Å². The molecule has 0 spiro atoms. The first-order valence-corrected chi connectivity index (χ1v) is 8.62. The first kappa shape index (κ1) is 17.0. The predicted octanol–water partition coefficient (Wildman–Crippen LogP) is 4.07. The summed E-state index contributed by atoms with van der Waals surface area (Å²) in [4.78, 5) is 1.29. The van der Waals surface area contributed by atoms with Crippen LogP contribution in [-0.4, -0.2) is 29.5 Å². The largest absolute Gasteiger partial charge is 0.394 e. The minimum atomic E-state index is -0.131. The minimum Gasteiger partial charge on any atom is -0.394 e. The third-order valence-corrected chi connectivity index (χ3v) is 4.66. The molecular weight excluding hydrogens is 322 g/mol. The van der Waals surface area contributed by atoms with E-state index in [2.05, 4.69) is 53.3 Å². The molecule has 1 aromatic rings. The van der Waals surface area contributed by atoms with Gasteiger partial charge in [0.25, 0.3) is 0 Å². The summed E-state index contributed by atoms with van der Waals surface area (Å²) in [5.74, 6) is 1.08. The van der Waals surface area contributed by atoms with E-state index in [0.29, 0.717) is 0 Å². The number of halogens is 1. The average molecular weight is 346 g/mol. The number of aliphatic hydroxyl groups is 1. The highest BCUT2D eigenvalue weighted by atomic mass is 79.9. The van der Waals surface area contributed by atoms with Crippen LogP contribution in [0.2, 0.25) is 0 Å². The van der Waals surface area contributed by atoms with Crippen molar-refractivity contribution in [2.45, 2.75) is 43.5 Å². The summed E-state index contributed by atoms with van der Waals surface area (Å²) in [6.45, 7) is 5.42. The zero-order chi connectivity index (χ0) is 14.1. The van der Waals surface area contributed by atoms with Crippen molar-refractivity contribution in [3.8, 4) is 0 Å². The van der Waals surface area contributed by atoms with Gasteiger partial charge in [-0.3, -0.25) is 0 Å². The Balaban J connectivity index is 2.29. The molecule has 4 heteroatoms. The molecule has 0 aromatic heterocycles. The second kappa shape index (κ2) is 9.01. The highest BCUT2D eigenvalue weighted by Crippen LogP contribution is 2.24. The number of benzene rings is 1. The van der Waals surface area contributed by atoms with Gasteiger partial charge >= 0.3 is 0 Å². The maximum atomic E-state index is 9.49. The van der Waals surface area contributed by atoms with Crippen molar-refractivity contribution in [3.05, 3.63) is 28.7 Å². The lowest BCUT2D eigenvalue weighted by molar-refractivity contribution is 0.165. The van der Waals surface area contributed by atoms with Gasteiger partial charge in [-0.15, -0.1) is 11.8 Å². The van der Waals surface area contributed by atoms with Crippen molar-refractivity contribution < 1.29 is 5.11 Å². The summed E-state index contributed by atoms with van der Waals surface area (Å²) in [7, 11) is 0. The molecule has 1 aromatic carbocycles. The second-order valence-corrected chi connectivity index (χ2v) is 7.14. The van der Waals surface area contributed by atoms with Crippen molar-refractivity contribution in [1.82, 2.24) is 5.32 Å². The van der Waals surface area contributed by atoms with Gasteiger partial charge in [0.05, 0.1) is 6.61 Å². The third kappa shape index (κ3) is 6.80. The van der Waals surface area contributed by atoms with Crippen molar-refractivity contribution in [3.63, 3.8) is 0 Å². The molecule has 0 heterocycles. The molecule has 0 saturated heterocycles. The fraction of sp³-hybridized carbons (Fsp3) is 0.600. The first-order chi connectivity index (χ1) is 9.09. The summed E-state index contributed by atoms with van der Waals surface area (Å²) in [5.41, 5.74) is -0.131. The highest BCUT2D eigenvalue weighted by molar-refractivity contribution is 9.10. The van der Waals surface area contributed by atoms with Crippen LogP contribution in [-0.2, 0) is 0 Å².